The van der Waals surface area contributed by atoms with Crippen LogP contribution in [0.25, 0.3) is 0 Å². The zero-order valence-electron chi connectivity index (χ0n) is 5.31. The highest BCUT2D eigenvalue weighted by molar-refractivity contribution is 4.78. The molecule has 0 fully saturated rings. The van der Waals surface area contributed by atoms with Crippen molar-refractivity contribution in [1.29, 1.82) is 0 Å². The molecule has 0 saturated carbocycles. The molecule has 0 rings (SSSR count). The van der Waals surface area contributed by atoms with Crippen LogP contribution in [0.3, 0.4) is 0 Å². The fraction of sp³-hybridized carbons (Fsp3) is 1.00. The normalized spacial score (nSPS) is 12.0. The quantitative estimate of drug-likeness (QED) is 0.444. The van der Waals surface area contributed by atoms with Crippen LogP contribution in [-0.4, -0.2) is 36.0 Å². The molecule has 0 saturated heterocycles. The summed E-state index contributed by atoms with van der Waals surface area (Å²) < 4.78 is 0. The van der Waals surface area contributed by atoms with E-state index in [0.29, 0.717) is 0 Å². The Morgan fingerprint density at radius 3 is 1.75 bits per heavy atom. The van der Waals surface area contributed by atoms with E-state index in [0.717, 1.165) is 0 Å². The molecule has 0 aromatic rings. The largest absolute Gasteiger partial charge is 0.394 e. The monoisotopic (exact) mass is 119 g/mol. The van der Waals surface area contributed by atoms with E-state index >= 15 is 0 Å². The fourth-order valence-corrected chi connectivity index (χ4v) is 0.208. The van der Waals surface area contributed by atoms with Crippen molar-refractivity contribution in [2.75, 3.05) is 20.3 Å². The molecule has 0 heterocycles. The van der Waals surface area contributed by atoms with Crippen molar-refractivity contribution in [1.82, 2.24) is 5.32 Å². The summed E-state index contributed by atoms with van der Waals surface area (Å²) in [6.45, 7) is 1.66. The Morgan fingerprint density at radius 1 is 1.38 bits per heavy atom. The van der Waals surface area contributed by atoms with Gasteiger partial charge in [0.1, 0.15) is 0 Å². The Hall–Kier alpha value is -0.120. The van der Waals surface area contributed by atoms with Gasteiger partial charge >= 0.3 is 0 Å². The van der Waals surface area contributed by atoms with Gasteiger partial charge in [0.2, 0.25) is 0 Å². The highest BCUT2D eigenvalue weighted by Gasteiger charge is 2.17. The SMILES string of the molecule is CNC(C)(CO)CO. The second-order valence-corrected chi connectivity index (χ2v) is 2.13. The molecule has 0 aliphatic carbocycles. The van der Waals surface area contributed by atoms with E-state index < -0.39 is 5.54 Å². The maximum atomic E-state index is 8.56. The summed E-state index contributed by atoms with van der Waals surface area (Å²) in [5.41, 5.74) is -0.514. The molecule has 0 spiro atoms. The molecule has 3 nitrogen and oxygen atoms in total. The van der Waals surface area contributed by atoms with Crippen LogP contribution in [0, 0.1) is 0 Å². The van der Waals surface area contributed by atoms with Gasteiger partial charge in [-0.1, -0.05) is 0 Å². The van der Waals surface area contributed by atoms with Gasteiger partial charge in [-0.2, -0.15) is 0 Å². The molecular weight excluding hydrogens is 106 g/mol. The number of rotatable bonds is 3. The first-order valence-electron chi connectivity index (χ1n) is 2.59. The van der Waals surface area contributed by atoms with Crippen LogP contribution in [0.1, 0.15) is 6.92 Å². The first-order valence-corrected chi connectivity index (χ1v) is 2.59. The summed E-state index contributed by atoms with van der Waals surface area (Å²) in [5.74, 6) is 0. The number of hydrogen-bond donors (Lipinski definition) is 3. The molecule has 8 heavy (non-hydrogen) atoms. The third-order valence-corrected chi connectivity index (χ3v) is 1.30. The summed E-state index contributed by atoms with van der Waals surface area (Å²) in [7, 11) is 1.70. The summed E-state index contributed by atoms with van der Waals surface area (Å²) in [5, 5.41) is 19.9. The highest BCUT2D eigenvalue weighted by atomic mass is 16.3. The summed E-state index contributed by atoms with van der Waals surface area (Å²) in [6.07, 6.45) is 0. The molecule has 0 aromatic heterocycles. The molecular formula is C5H13NO2. The minimum absolute atomic E-state index is 0.0417. The molecule has 50 valence electrons. The smallest absolute Gasteiger partial charge is 0.0633 e. The van der Waals surface area contributed by atoms with Crippen molar-refractivity contribution in [3.05, 3.63) is 0 Å². The lowest BCUT2D eigenvalue weighted by molar-refractivity contribution is 0.111. The fourth-order valence-electron chi connectivity index (χ4n) is 0.208. The van der Waals surface area contributed by atoms with Gasteiger partial charge < -0.3 is 15.5 Å². The van der Waals surface area contributed by atoms with Crippen LogP contribution in [0.5, 0.6) is 0 Å². The first-order chi connectivity index (χ1) is 3.68. The Labute approximate surface area is 49.3 Å². The number of hydrogen-bond acceptors (Lipinski definition) is 3. The molecule has 0 radical (unpaired) electrons. The van der Waals surface area contributed by atoms with Crippen LogP contribution in [-0.2, 0) is 0 Å². The van der Waals surface area contributed by atoms with E-state index in [1.54, 1.807) is 14.0 Å². The van der Waals surface area contributed by atoms with Gasteiger partial charge in [0.15, 0.2) is 0 Å². The topological polar surface area (TPSA) is 52.5 Å². The number of aliphatic hydroxyl groups is 2. The lowest BCUT2D eigenvalue weighted by atomic mass is 10.1. The number of nitrogens with one attached hydrogen (secondary N) is 1. The van der Waals surface area contributed by atoms with E-state index in [9.17, 15) is 0 Å². The van der Waals surface area contributed by atoms with Crippen LogP contribution in [0.4, 0.5) is 0 Å². The van der Waals surface area contributed by atoms with Gasteiger partial charge in [-0.05, 0) is 14.0 Å². The second-order valence-electron chi connectivity index (χ2n) is 2.13. The Balaban J connectivity index is 3.58. The molecule has 0 aromatic carbocycles. The van der Waals surface area contributed by atoms with Gasteiger partial charge in [0, 0.05) is 0 Å². The standard InChI is InChI=1S/C5H13NO2/c1-5(3-7,4-8)6-2/h6-8H,3-4H2,1-2H3. The maximum Gasteiger partial charge on any atom is 0.0633 e. The zero-order chi connectivity index (χ0) is 6.62. The third kappa shape index (κ3) is 1.78. The Morgan fingerprint density at radius 2 is 1.75 bits per heavy atom. The average Bonchev–Trinajstić information content (AvgIpc) is 1.87. The minimum Gasteiger partial charge on any atom is -0.394 e. The van der Waals surface area contributed by atoms with Gasteiger partial charge in [0.05, 0.1) is 18.8 Å². The van der Waals surface area contributed by atoms with Crippen molar-refractivity contribution in [3.63, 3.8) is 0 Å². The lowest BCUT2D eigenvalue weighted by Crippen LogP contribution is -2.46. The van der Waals surface area contributed by atoms with Gasteiger partial charge in [0.25, 0.3) is 0 Å². The number of likely N-dealkylation sites (N-methyl/N-ethyl adjacent to an activating group) is 1. The van der Waals surface area contributed by atoms with E-state index in [4.69, 9.17) is 10.2 Å². The van der Waals surface area contributed by atoms with Gasteiger partial charge in [-0.25, -0.2) is 0 Å². The van der Waals surface area contributed by atoms with Crippen molar-refractivity contribution in [2.45, 2.75) is 12.5 Å². The van der Waals surface area contributed by atoms with Gasteiger partial charge in [-0.15, -0.1) is 0 Å². The molecule has 3 heteroatoms. The Kier molecular flexibility index (Phi) is 2.97. The van der Waals surface area contributed by atoms with Gasteiger partial charge in [-0.3, -0.25) is 0 Å². The minimum atomic E-state index is -0.514. The van der Waals surface area contributed by atoms with E-state index in [-0.39, 0.29) is 13.2 Å². The molecule has 0 aliphatic heterocycles. The maximum absolute atomic E-state index is 8.56. The molecule has 0 unspecified atom stereocenters. The molecule has 0 amide bonds. The van der Waals surface area contributed by atoms with Crippen molar-refractivity contribution < 1.29 is 10.2 Å². The summed E-state index contributed by atoms with van der Waals surface area (Å²) in [4.78, 5) is 0. The van der Waals surface area contributed by atoms with Crippen molar-refractivity contribution in [2.24, 2.45) is 0 Å². The predicted octanol–water partition coefficient (Wildman–Crippen LogP) is -1.05. The van der Waals surface area contributed by atoms with Crippen LogP contribution in [0.2, 0.25) is 0 Å². The Bertz CT molecular complexity index is 53.2. The first kappa shape index (κ1) is 7.88. The summed E-state index contributed by atoms with van der Waals surface area (Å²) in [6, 6.07) is 0. The molecule has 0 bridgehead atoms. The molecule has 0 aliphatic rings. The molecule has 3 N–H and O–H groups in total. The van der Waals surface area contributed by atoms with E-state index in [1.165, 1.54) is 0 Å². The van der Waals surface area contributed by atoms with Crippen molar-refractivity contribution in [3.8, 4) is 0 Å². The van der Waals surface area contributed by atoms with E-state index in [2.05, 4.69) is 5.32 Å². The number of aliphatic hydroxyl groups excluding tert-OH is 2. The average molecular weight is 119 g/mol. The zero-order valence-corrected chi connectivity index (χ0v) is 5.31. The van der Waals surface area contributed by atoms with Crippen molar-refractivity contribution >= 4 is 0 Å². The predicted molar refractivity (Wildman–Crippen MR) is 31.6 cm³/mol. The summed E-state index contributed by atoms with van der Waals surface area (Å²) >= 11 is 0. The second kappa shape index (κ2) is 3.02. The lowest BCUT2D eigenvalue weighted by Gasteiger charge is -2.23. The van der Waals surface area contributed by atoms with Crippen LogP contribution >= 0.6 is 0 Å². The van der Waals surface area contributed by atoms with Crippen LogP contribution < -0.4 is 5.32 Å². The molecule has 0 atom stereocenters. The highest BCUT2D eigenvalue weighted by Crippen LogP contribution is 1.96. The third-order valence-electron chi connectivity index (χ3n) is 1.30. The van der Waals surface area contributed by atoms with Crippen LogP contribution in [0.15, 0.2) is 0 Å². The van der Waals surface area contributed by atoms with E-state index in [1.807, 2.05) is 0 Å².